The summed E-state index contributed by atoms with van der Waals surface area (Å²) in [6.45, 7) is 4.06. The number of hydrogen-bond acceptors (Lipinski definition) is 2. The topological polar surface area (TPSA) is 61.2 Å². The Bertz CT molecular complexity index is 154. The lowest BCUT2D eigenvalue weighted by molar-refractivity contribution is -0.135. The van der Waals surface area contributed by atoms with Gasteiger partial charge in [-0.05, 0) is 12.3 Å². The number of carboxylic acid groups (broad SMARTS) is 1. The van der Waals surface area contributed by atoms with Crippen LogP contribution in [0.2, 0.25) is 0 Å². The highest BCUT2D eigenvalue weighted by Crippen LogP contribution is 2.08. The molecule has 0 aliphatic heterocycles. The molecule has 0 rings (SSSR count). The van der Waals surface area contributed by atoms with E-state index in [1.54, 1.807) is 0 Å². The summed E-state index contributed by atoms with van der Waals surface area (Å²) in [7, 11) is 0. The summed E-state index contributed by atoms with van der Waals surface area (Å²) in [6, 6.07) is 0. The molecule has 0 saturated heterocycles. The van der Waals surface area contributed by atoms with E-state index in [0.29, 0.717) is 18.1 Å². The highest BCUT2D eigenvalue weighted by atomic mass is 16.4. The largest absolute Gasteiger partial charge is 0.481 e. The second kappa shape index (κ2) is 4.88. The van der Waals surface area contributed by atoms with Gasteiger partial charge in [0, 0.05) is 5.71 Å². The van der Waals surface area contributed by atoms with E-state index in [-0.39, 0.29) is 6.42 Å². The smallest absolute Gasteiger partial charge is 0.309 e. The van der Waals surface area contributed by atoms with Crippen molar-refractivity contribution in [3.05, 3.63) is 0 Å². The van der Waals surface area contributed by atoms with Crippen LogP contribution in [0.5, 0.6) is 0 Å². The molecule has 0 aromatic rings. The first kappa shape index (κ1) is 10.1. The SMILES string of the molecule is CCC(C)CC(=N)CC(=O)O. The predicted molar refractivity (Wildman–Crippen MR) is 44.1 cm³/mol. The van der Waals surface area contributed by atoms with Crippen molar-refractivity contribution in [2.75, 3.05) is 0 Å². The molecule has 3 nitrogen and oxygen atoms in total. The minimum atomic E-state index is -0.904. The number of carboxylic acids is 1. The molecule has 1 unspecified atom stereocenters. The van der Waals surface area contributed by atoms with E-state index in [1.807, 2.05) is 13.8 Å². The van der Waals surface area contributed by atoms with Gasteiger partial charge in [-0.25, -0.2) is 0 Å². The zero-order chi connectivity index (χ0) is 8.85. The Balaban J connectivity index is 3.60. The predicted octanol–water partition coefficient (Wildman–Crippen LogP) is 1.92. The van der Waals surface area contributed by atoms with Crippen LogP contribution in [0.4, 0.5) is 0 Å². The summed E-state index contributed by atoms with van der Waals surface area (Å²) >= 11 is 0. The molecule has 0 bridgehead atoms. The van der Waals surface area contributed by atoms with Crippen LogP contribution in [-0.2, 0) is 4.79 Å². The van der Waals surface area contributed by atoms with E-state index in [9.17, 15) is 4.79 Å². The highest BCUT2D eigenvalue weighted by Gasteiger charge is 2.07. The molecule has 0 heterocycles. The molecule has 0 aromatic heterocycles. The Morgan fingerprint density at radius 3 is 2.55 bits per heavy atom. The third-order valence-corrected chi connectivity index (χ3v) is 1.66. The summed E-state index contributed by atoms with van der Waals surface area (Å²) in [4.78, 5) is 10.1. The van der Waals surface area contributed by atoms with Gasteiger partial charge in [-0.15, -0.1) is 0 Å². The van der Waals surface area contributed by atoms with Crippen LogP contribution in [0.1, 0.15) is 33.1 Å². The molecule has 0 aromatic carbocycles. The van der Waals surface area contributed by atoms with Gasteiger partial charge < -0.3 is 10.5 Å². The van der Waals surface area contributed by atoms with Crippen molar-refractivity contribution in [1.82, 2.24) is 0 Å². The molecule has 0 aliphatic carbocycles. The van der Waals surface area contributed by atoms with Gasteiger partial charge in [-0.3, -0.25) is 4.79 Å². The molecule has 0 aliphatic rings. The van der Waals surface area contributed by atoms with Crippen LogP contribution in [0.25, 0.3) is 0 Å². The fourth-order valence-electron chi connectivity index (χ4n) is 0.820. The number of carbonyl (C=O) groups is 1. The Kier molecular flexibility index (Phi) is 4.50. The molecule has 11 heavy (non-hydrogen) atoms. The molecule has 0 saturated carbocycles. The normalized spacial score (nSPS) is 12.5. The second-order valence-corrected chi connectivity index (χ2v) is 2.89. The monoisotopic (exact) mass is 157 g/mol. The summed E-state index contributed by atoms with van der Waals surface area (Å²) < 4.78 is 0. The lowest BCUT2D eigenvalue weighted by atomic mass is 10.0. The molecule has 0 amide bonds. The maximum Gasteiger partial charge on any atom is 0.309 e. The number of hydrogen-bond donors (Lipinski definition) is 2. The van der Waals surface area contributed by atoms with E-state index in [1.165, 1.54) is 0 Å². The molecule has 0 fully saturated rings. The third-order valence-electron chi connectivity index (χ3n) is 1.66. The Labute approximate surface area is 66.9 Å². The van der Waals surface area contributed by atoms with Gasteiger partial charge in [0.2, 0.25) is 0 Å². The first-order chi connectivity index (χ1) is 5.06. The first-order valence-corrected chi connectivity index (χ1v) is 3.84. The van der Waals surface area contributed by atoms with Crippen LogP contribution in [0.15, 0.2) is 0 Å². The zero-order valence-electron chi connectivity index (χ0n) is 7.05. The molecule has 1 atom stereocenters. The number of aliphatic carboxylic acids is 1. The van der Waals surface area contributed by atoms with Crippen LogP contribution in [-0.4, -0.2) is 16.8 Å². The standard InChI is InChI=1S/C8H15NO2/c1-3-6(2)4-7(9)5-8(10)11/h6,9H,3-5H2,1-2H3,(H,10,11). The average Bonchev–Trinajstić information content (AvgIpc) is 1.85. The fraction of sp³-hybridized carbons (Fsp3) is 0.750. The minimum absolute atomic E-state index is 0.107. The summed E-state index contributed by atoms with van der Waals surface area (Å²) in [5, 5.41) is 15.6. The van der Waals surface area contributed by atoms with Crippen molar-refractivity contribution in [2.24, 2.45) is 5.92 Å². The van der Waals surface area contributed by atoms with Crippen molar-refractivity contribution < 1.29 is 9.90 Å². The second-order valence-electron chi connectivity index (χ2n) is 2.89. The number of nitrogens with one attached hydrogen (secondary N) is 1. The molecule has 64 valence electrons. The van der Waals surface area contributed by atoms with Crippen molar-refractivity contribution in [3.8, 4) is 0 Å². The zero-order valence-corrected chi connectivity index (χ0v) is 7.05. The van der Waals surface area contributed by atoms with E-state index < -0.39 is 5.97 Å². The Hall–Kier alpha value is -0.860. The molecule has 0 spiro atoms. The molecular formula is C8H15NO2. The molecule has 0 radical (unpaired) electrons. The molecular weight excluding hydrogens is 142 g/mol. The van der Waals surface area contributed by atoms with E-state index >= 15 is 0 Å². The van der Waals surface area contributed by atoms with Gasteiger partial charge in [0.1, 0.15) is 0 Å². The van der Waals surface area contributed by atoms with Crippen LogP contribution in [0, 0.1) is 11.3 Å². The average molecular weight is 157 g/mol. The van der Waals surface area contributed by atoms with Gasteiger partial charge in [-0.2, -0.15) is 0 Å². The summed E-state index contributed by atoms with van der Waals surface area (Å²) in [6.07, 6.45) is 1.51. The van der Waals surface area contributed by atoms with Crippen LogP contribution >= 0.6 is 0 Å². The first-order valence-electron chi connectivity index (χ1n) is 3.84. The van der Waals surface area contributed by atoms with Crippen molar-refractivity contribution in [3.63, 3.8) is 0 Å². The lowest BCUT2D eigenvalue weighted by Gasteiger charge is -2.06. The van der Waals surface area contributed by atoms with Crippen LogP contribution in [0.3, 0.4) is 0 Å². The molecule has 3 heteroatoms. The lowest BCUT2D eigenvalue weighted by Crippen LogP contribution is -2.09. The van der Waals surface area contributed by atoms with E-state index in [4.69, 9.17) is 10.5 Å². The Morgan fingerprint density at radius 2 is 2.18 bits per heavy atom. The fourth-order valence-corrected chi connectivity index (χ4v) is 0.820. The summed E-state index contributed by atoms with van der Waals surface area (Å²) in [5.74, 6) is -0.472. The minimum Gasteiger partial charge on any atom is -0.481 e. The highest BCUT2D eigenvalue weighted by molar-refractivity contribution is 5.96. The van der Waals surface area contributed by atoms with E-state index in [0.717, 1.165) is 6.42 Å². The van der Waals surface area contributed by atoms with Gasteiger partial charge >= 0.3 is 5.97 Å². The van der Waals surface area contributed by atoms with Gasteiger partial charge in [0.15, 0.2) is 0 Å². The van der Waals surface area contributed by atoms with E-state index in [2.05, 4.69) is 0 Å². The summed E-state index contributed by atoms with van der Waals surface area (Å²) in [5.41, 5.74) is 0.326. The quantitative estimate of drug-likeness (QED) is 0.599. The van der Waals surface area contributed by atoms with Crippen molar-refractivity contribution in [1.29, 1.82) is 5.41 Å². The molecule has 2 N–H and O–H groups in total. The number of rotatable bonds is 5. The van der Waals surface area contributed by atoms with Crippen molar-refractivity contribution in [2.45, 2.75) is 33.1 Å². The Morgan fingerprint density at radius 1 is 1.64 bits per heavy atom. The maximum atomic E-state index is 10.1. The van der Waals surface area contributed by atoms with Crippen molar-refractivity contribution >= 4 is 11.7 Å². The van der Waals surface area contributed by atoms with Gasteiger partial charge in [0.05, 0.1) is 6.42 Å². The maximum absolute atomic E-state index is 10.1. The van der Waals surface area contributed by atoms with Crippen LogP contribution < -0.4 is 0 Å². The third kappa shape index (κ3) is 5.58. The van der Waals surface area contributed by atoms with Gasteiger partial charge in [0.25, 0.3) is 0 Å². The van der Waals surface area contributed by atoms with Gasteiger partial charge in [-0.1, -0.05) is 20.3 Å².